The minimum absolute atomic E-state index is 0.203. The fourth-order valence-corrected chi connectivity index (χ4v) is 1.61. The number of nitro benzene ring substituents is 1. The second kappa shape index (κ2) is 7.07. The zero-order valence-electron chi connectivity index (χ0n) is 11.6. The summed E-state index contributed by atoms with van der Waals surface area (Å²) in [7, 11) is 0. The summed E-state index contributed by atoms with van der Waals surface area (Å²) < 4.78 is 18.2. The van der Waals surface area contributed by atoms with Crippen LogP contribution in [0, 0.1) is 15.9 Å². The molecule has 1 aromatic heterocycles. The van der Waals surface area contributed by atoms with E-state index in [1.807, 2.05) is 0 Å². The van der Waals surface area contributed by atoms with Crippen LogP contribution in [0.3, 0.4) is 0 Å². The topological polar surface area (TPSA) is 111 Å². The van der Waals surface area contributed by atoms with E-state index in [2.05, 4.69) is 10.3 Å². The number of amides is 1. The van der Waals surface area contributed by atoms with Gasteiger partial charge in [0.25, 0.3) is 11.6 Å². The molecule has 0 saturated heterocycles. The lowest BCUT2D eigenvalue weighted by atomic mass is 10.2. The smallest absolute Gasteiger partial charge is 0.338 e. The molecule has 0 aliphatic rings. The summed E-state index contributed by atoms with van der Waals surface area (Å²) in [5, 5.41) is 12.7. The maximum absolute atomic E-state index is 13.5. The van der Waals surface area contributed by atoms with Crippen molar-refractivity contribution in [3.63, 3.8) is 0 Å². The van der Waals surface area contributed by atoms with Crippen molar-refractivity contribution in [2.75, 3.05) is 11.9 Å². The highest BCUT2D eigenvalue weighted by Gasteiger charge is 2.15. The Labute approximate surface area is 129 Å². The van der Waals surface area contributed by atoms with Gasteiger partial charge in [0.15, 0.2) is 6.61 Å². The van der Waals surface area contributed by atoms with Crippen molar-refractivity contribution in [3.8, 4) is 0 Å². The summed E-state index contributed by atoms with van der Waals surface area (Å²) in [5.74, 6) is -2.42. The molecule has 23 heavy (non-hydrogen) atoms. The first-order valence-corrected chi connectivity index (χ1v) is 6.28. The molecule has 118 valence electrons. The van der Waals surface area contributed by atoms with Gasteiger partial charge in [0, 0.05) is 24.5 Å². The van der Waals surface area contributed by atoms with Crippen molar-refractivity contribution in [2.24, 2.45) is 0 Å². The van der Waals surface area contributed by atoms with Gasteiger partial charge in [-0.15, -0.1) is 0 Å². The number of esters is 1. The van der Waals surface area contributed by atoms with Crippen LogP contribution in [0.25, 0.3) is 0 Å². The molecule has 1 heterocycles. The van der Waals surface area contributed by atoms with Crippen LogP contribution in [0.15, 0.2) is 42.7 Å². The summed E-state index contributed by atoms with van der Waals surface area (Å²) in [6, 6.07) is 5.50. The summed E-state index contributed by atoms with van der Waals surface area (Å²) in [4.78, 5) is 36.9. The van der Waals surface area contributed by atoms with E-state index in [0.29, 0.717) is 0 Å². The van der Waals surface area contributed by atoms with Crippen LogP contribution in [-0.2, 0) is 9.53 Å². The third kappa shape index (κ3) is 4.30. The number of hydrogen-bond acceptors (Lipinski definition) is 6. The third-order valence-corrected chi connectivity index (χ3v) is 2.69. The zero-order chi connectivity index (χ0) is 16.8. The van der Waals surface area contributed by atoms with Crippen LogP contribution in [0.5, 0.6) is 0 Å². The van der Waals surface area contributed by atoms with Crippen LogP contribution in [0.4, 0.5) is 15.8 Å². The molecule has 2 rings (SSSR count). The predicted molar refractivity (Wildman–Crippen MR) is 76.2 cm³/mol. The number of hydrogen-bond donors (Lipinski definition) is 1. The lowest BCUT2D eigenvalue weighted by Gasteiger charge is -2.07. The van der Waals surface area contributed by atoms with Crippen molar-refractivity contribution in [1.29, 1.82) is 0 Å². The number of halogens is 1. The Morgan fingerprint density at radius 2 is 1.96 bits per heavy atom. The summed E-state index contributed by atoms with van der Waals surface area (Å²) in [6.07, 6.45) is 2.77. The lowest BCUT2D eigenvalue weighted by molar-refractivity contribution is -0.384. The Balaban J connectivity index is 1.96. The Kier molecular flexibility index (Phi) is 4.92. The SMILES string of the molecule is O=C(COC(=O)c1ccncc1)Nc1cc([N+](=O)[O-])ccc1F. The second-order valence-electron chi connectivity index (χ2n) is 4.28. The molecule has 1 amide bonds. The number of anilines is 1. The van der Waals surface area contributed by atoms with Gasteiger partial charge in [0.1, 0.15) is 5.82 Å². The summed E-state index contributed by atoms with van der Waals surface area (Å²) in [5.41, 5.74) is -0.547. The van der Waals surface area contributed by atoms with Gasteiger partial charge < -0.3 is 10.1 Å². The number of nitrogens with zero attached hydrogens (tertiary/aromatic N) is 2. The molecule has 0 radical (unpaired) electrons. The van der Waals surface area contributed by atoms with Gasteiger partial charge in [0.2, 0.25) is 0 Å². The first-order valence-electron chi connectivity index (χ1n) is 6.28. The molecule has 0 fully saturated rings. The number of carbonyl (C=O) groups excluding carboxylic acids is 2. The van der Waals surface area contributed by atoms with Crippen molar-refractivity contribution < 1.29 is 23.6 Å². The molecule has 1 N–H and O–H groups in total. The average molecular weight is 319 g/mol. The van der Waals surface area contributed by atoms with E-state index in [1.54, 1.807) is 0 Å². The van der Waals surface area contributed by atoms with Crippen molar-refractivity contribution in [2.45, 2.75) is 0 Å². The third-order valence-electron chi connectivity index (χ3n) is 2.69. The van der Waals surface area contributed by atoms with E-state index in [1.165, 1.54) is 24.5 Å². The highest BCUT2D eigenvalue weighted by atomic mass is 19.1. The molecule has 0 bridgehead atoms. The van der Waals surface area contributed by atoms with Crippen molar-refractivity contribution in [3.05, 3.63) is 64.2 Å². The number of pyridine rings is 1. The van der Waals surface area contributed by atoms with Gasteiger partial charge in [0.05, 0.1) is 16.2 Å². The minimum Gasteiger partial charge on any atom is -0.452 e. The number of nitro groups is 1. The monoisotopic (exact) mass is 319 g/mol. The normalized spacial score (nSPS) is 9.96. The number of benzene rings is 1. The largest absolute Gasteiger partial charge is 0.452 e. The number of aromatic nitrogens is 1. The van der Waals surface area contributed by atoms with Gasteiger partial charge in [-0.3, -0.25) is 19.9 Å². The van der Waals surface area contributed by atoms with Gasteiger partial charge >= 0.3 is 5.97 Å². The first kappa shape index (κ1) is 16.0. The molecular formula is C14H10FN3O5. The van der Waals surface area contributed by atoms with E-state index < -0.39 is 29.2 Å². The van der Waals surface area contributed by atoms with E-state index >= 15 is 0 Å². The number of non-ortho nitro benzene ring substituents is 1. The van der Waals surface area contributed by atoms with Crippen LogP contribution >= 0.6 is 0 Å². The highest BCUT2D eigenvalue weighted by Crippen LogP contribution is 2.21. The fraction of sp³-hybridized carbons (Fsp3) is 0.0714. The zero-order valence-corrected chi connectivity index (χ0v) is 11.6. The Morgan fingerprint density at radius 1 is 1.26 bits per heavy atom. The lowest BCUT2D eigenvalue weighted by Crippen LogP contribution is -2.21. The van der Waals surface area contributed by atoms with Gasteiger partial charge in [-0.1, -0.05) is 0 Å². The predicted octanol–water partition coefficient (Wildman–Crippen LogP) is 1.92. The molecular weight excluding hydrogens is 309 g/mol. The minimum atomic E-state index is -0.843. The number of ether oxygens (including phenoxy) is 1. The van der Waals surface area contributed by atoms with Gasteiger partial charge in [-0.05, 0) is 18.2 Å². The Hall–Kier alpha value is -3.36. The van der Waals surface area contributed by atoms with Crippen LogP contribution in [0.2, 0.25) is 0 Å². The molecule has 1 aromatic carbocycles. The quantitative estimate of drug-likeness (QED) is 0.512. The van der Waals surface area contributed by atoms with Crippen molar-refractivity contribution in [1.82, 2.24) is 4.98 Å². The summed E-state index contributed by atoms with van der Waals surface area (Å²) in [6.45, 7) is -0.663. The molecule has 0 spiro atoms. The first-order chi connectivity index (χ1) is 11.0. The van der Waals surface area contributed by atoms with Crippen LogP contribution < -0.4 is 5.32 Å². The number of carbonyl (C=O) groups is 2. The maximum Gasteiger partial charge on any atom is 0.338 e. The molecule has 0 atom stereocenters. The Bertz CT molecular complexity index is 751. The standard InChI is InChI=1S/C14H10FN3O5/c15-11-2-1-10(18(21)22)7-12(11)17-13(19)8-23-14(20)9-3-5-16-6-4-9/h1-7H,8H2,(H,17,19). The van der Waals surface area contributed by atoms with Crippen LogP contribution in [-0.4, -0.2) is 28.4 Å². The van der Waals surface area contributed by atoms with E-state index in [4.69, 9.17) is 4.74 Å². The highest BCUT2D eigenvalue weighted by molar-refractivity contribution is 5.95. The molecule has 0 unspecified atom stereocenters. The Morgan fingerprint density at radius 3 is 2.61 bits per heavy atom. The van der Waals surface area contributed by atoms with Gasteiger partial charge in [-0.25, -0.2) is 9.18 Å². The molecule has 8 nitrogen and oxygen atoms in total. The number of rotatable bonds is 5. The van der Waals surface area contributed by atoms with E-state index in [-0.39, 0.29) is 16.9 Å². The summed E-state index contributed by atoms with van der Waals surface area (Å²) >= 11 is 0. The molecule has 9 heteroatoms. The molecule has 0 aliphatic carbocycles. The van der Waals surface area contributed by atoms with Crippen LogP contribution in [0.1, 0.15) is 10.4 Å². The molecule has 0 saturated carbocycles. The maximum atomic E-state index is 13.5. The van der Waals surface area contributed by atoms with E-state index in [0.717, 1.165) is 18.2 Å². The van der Waals surface area contributed by atoms with E-state index in [9.17, 15) is 24.1 Å². The second-order valence-corrected chi connectivity index (χ2v) is 4.28. The number of nitrogens with one attached hydrogen (secondary N) is 1. The van der Waals surface area contributed by atoms with Crippen molar-refractivity contribution >= 4 is 23.3 Å². The molecule has 2 aromatic rings. The fourth-order valence-electron chi connectivity index (χ4n) is 1.61. The molecule has 0 aliphatic heterocycles. The average Bonchev–Trinajstić information content (AvgIpc) is 2.55. The van der Waals surface area contributed by atoms with Gasteiger partial charge in [-0.2, -0.15) is 0 Å².